The van der Waals surface area contributed by atoms with Crippen molar-refractivity contribution in [1.82, 2.24) is 20.4 Å². The van der Waals surface area contributed by atoms with Crippen LogP contribution in [0.2, 0.25) is 0 Å². The van der Waals surface area contributed by atoms with E-state index >= 15 is 0 Å². The summed E-state index contributed by atoms with van der Waals surface area (Å²) in [6, 6.07) is 4.71. The molecule has 3 rings (SSSR count). The molecule has 0 fully saturated rings. The third-order valence-corrected chi connectivity index (χ3v) is 4.58. The Morgan fingerprint density at radius 1 is 1.46 bits per heavy atom. The average Bonchev–Trinajstić information content (AvgIpc) is 2.96. The van der Waals surface area contributed by atoms with Crippen LogP contribution in [0.15, 0.2) is 30.6 Å². The molecule has 0 radical (unpaired) electrons. The maximum absolute atomic E-state index is 14.0. The quantitative estimate of drug-likeness (QED) is 0.905. The molecule has 0 aliphatic heterocycles. The van der Waals surface area contributed by atoms with Gasteiger partial charge in [0.25, 0.3) is 0 Å². The fraction of sp³-hybridized carbons (Fsp3) is 0.444. The molecule has 6 heteroatoms. The standard InChI is InChI=1S/C18H23FN4O/c1-12-10-21-23(11-12)9-8-20-18(24)22-17-13(2)6-7-14-15(17)4-3-5-16(14)19/h3-5,10-11,13,17H,6-9H2,1-2H3,(H2,20,22,24). The normalized spacial score (nSPS) is 19.6. The predicted molar refractivity (Wildman–Crippen MR) is 90.1 cm³/mol. The number of aryl methyl sites for hydroxylation is 1. The van der Waals surface area contributed by atoms with E-state index in [1.54, 1.807) is 16.9 Å². The summed E-state index contributed by atoms with van der Waals surface area (Å²) >= 11 is 0. The van der Waals surface area contributed by atoms with Crippen LogP contribution in [0.25, 0.3) is 0 Å². The first-order valence-electron chi connectivity index (χ1n) is 8.35. The molecule has 5 nitrogen and oxygen atoms in total. The minimum absolute atomic E-state index is 0.156. The molecule has 1 aliphatic rings. The van der Waals surface area contributed by atoms with Crippen LogP contribution in [-0.2, 0) is 13.0 Å². The van der Waals surface area contributed by atoms with Gasteiger partial charge < -0.3 is 10.6 Å². The second kappa shape index (κ2) is 7.03. The molecule has 2 amide bonds. The Kier molecular flexibility index (Phi) is 4.83. The molecule has 1 aromatic carbocycles. The lowest BCUT2D eigenvalue weighted by molar-refractivity contribution is 0.228. The molecular formula is C18H23FN4O. The van der Waals surface area contributed by atoms with Gasteiger partial charge in [0, 0.05) is 12.7 Å². The summed E-state index contributed by atoms with van der Waals surface area (Å²) in [6.45, 7) is 5.17. The van der Waals surface area contributed by atoms with Crippen molar-refractivity contribution in [1.29, 1.82) is 0 Å². The molecule has 2 atom stereocenters. The van der Waals surface area contributed by atoms with Crippen LogP contribution in [0.3, 0.4) is 0 Å². The minimum atomic E-state index is -0.229. The highest BCUT2D eigenvalue weighted by Gasteiger charge is 2.29. The van der Waals surface area contributed by atoms with Crippen LogP contribution in [0.1, 0.15) is 36.1 Å². The smallest absolute Gasteiger partial charge is 0.315 e. The molecule has 128 valence electrons. The molecule has 24 heavy (non-hydrogen) atoms. The number of halogens is 1. The second-order valence-corrected chi connectivity index (χ2v) is 6.48. The second-order valence-electron chi connectivity index (χ2n) is 6.48. The molecule has 1 aliphatic carbocycles. The minimum Gasteiger partial charge on any atom is -0.336 e. The van der Waals surface area contributed by atoms with Crippen molar-refractivity contribution in [3.63, 3.8) is 0 Å². The number of rotatable bonds is 4. The van der Waals surface area contributed by atoms with Crippen LogP contribution < -0.4 is 10.6 Å². The maximum Gasteiger partial charge on any atom is 0.315 e. The number of hydrogen-bond donors (Lipinski definition) is 2. The number of hydrogen-bond acceptors (Lipinski definition) is 2. The van der Waals surface area contributed by atoms with Gasteiger partial charge in [0.15, 0.2) is 0 Å². The van der Waals surface area contributed by atoms with E-state index in [0.717, 1.165) is 29.5 Å². The number of benzene rings is 1. The van der Waals surface area contributed by atoms with Gasteiger partial charge in [0.1, 0.15) is 5.82 Å². The molecule has 1 aromatic heterocycles. The SMILES string of the molecule is Cc1cnn(CCNC(=O)NC2c3cccc(F)c3CCC2C)c1. The average molecular weight is 330 g/mol. The summed E-state index contributed by atoms with van der Waals surface area (Å²) in [5.74, 6) is 0.0967. The monoisotopic (exact) mass is 330 g/mol. The van der Waals surface area contributed by atoms with E-state index in [1.165, 1.54) is 6.07 Å². The fourth-order valence-corrected chi connectivity index (χ4v) is 3.26. The fourth-order valence-electron chi connectivity index (χ4n) is 3.26. The van der Waals surface area contributed by atoms with E-state index in [2.05, 4.69) is 22.7 Å². The van der Waals surface area contributed by atoms with Crippen LogP contribution in [0.4, 0.5) is 9.18 Å². The summed E-state index contributed by atoms with van der Waals surface area (Å²) in [5.41, 5.74) is 2.72. The van der Waals surface area contributed by atoms with E-state index in [-0.39, 0.29) is 23.8 Å². The van der Waals surface area contributed by atoms with Crippen LogP contribution in [-0.4, -0.2) is 22.4 Å². The van der Waals surface area contributed by atoms with Crippen molar-refractivity contribution < 1.29 is 9.18 Å². The maximum atomic E-state index is 14.0. The van der Waals surface area contributed by atoms with E-state index in [1.807, 2.05) is 19.2 Å². The zero-order valence-electron chi connectivity index (χ0n) is 14.1. The van der Waals surface area contributed by atoms with E-state index < -0.39 is 0 Å². The van der Waals surface area contributed by atoms with Gasteiger partial charge in [-0.3, -0.25) is 4.68 Å². The number of amides is 2. The number of nitrogens with zero attached hydrogens (tertiary/aromatic N) is 2. The van der Waals surface area contributed by atoms with Gasteiger partial charge in [-0.2, -0.15) is 5.10 Å². The van der Waals surface area contributed by atoms with Crippen molar-refractivity contribution in [3.8, 4) is 0 Å². The third-order valence-electron chi connectivity index (χ3n) is 4.58. The van der Waals surface area contributed by atoms with Crippen molar-refractivity contribution in [2.45, 2.75) is 39.3 Å². The van der Waals surface area contributed by atoms with Gasteiger partial charge in [0.2, 0.25) is 0 Å². The number of aromatic nitrogens is 2. The molecule has 0 spiro atoms. The van der Waals surface area contributed by atoms with Gasteiger partial charge in [-0.25, -0.2) is 9.18 Å². The highest BCUT2D eigenvalue weighted by Crippen LogP contribution is 2.35. The van der Waals surface area contributed by atoms with Crippen LogP contribution >= 0.6 is 0 Å². The van der Waals surface area contributed by atoms with E-state index in [9.17, 15) is 9.18 Å². The lowest BCUT2D eigenvalue weighted by Crippen LogP contribution is -2.42. The Hall–Kier alpha value is -2.37. The zero-order valence-corrected chi connectivity index (χ0v) is 14.1. The summed E-state index contributed by atoms with van der Waals surface area (Å²) in [5, 5.41) is 10.0. The Morgan fingerprint density at radius 2 is 2.29 bits per heavy atom. The Labute approximate surface area is 141 Å². The Balaban J connectivity index is 1.59. The number of urea groups is 1. The molecule has 1 heterocycles. The third kappa shape index (κ3) is 3.58. The van der Waals surface area contributed by atoms with E-state index in [4.69, 9.17) is 0 Å². The van der Waals surface area contributed by atoms with Crippen molar-refractivity contribution >= 4 is 6.03 Å². The van der Waals surface area contributed by atoms with Crippen LogP contribution in [0, 0.1) is 18.7 Å². The largest absolute Gasteiger partial charge is 0.336 e. The number of carbonyl (C=O) groups excluding carboxylic acids is 1. The molecule has 0 saturated carbocycles. The highest BCUT2D eigenvalue weighted by molar-refractivity contribution is 5.74. The van der Waals surface area contributed by atoms with Crippen molar-refractivity contribution in [2.24, 2.45) is 5.92 Å². The van der Waals surface area contributed by atoms with Gasteiger partial charge in [-0.1, -0.05) is 19.1 Å². The van der Waals surface area contributed by atoms with E-state index in [0.29, 0.717) is 13.1 Å². The topological polar surface area (TPSA) is 59.0 Å². The van der Waals surface area contributed by atoms with Gasteiger partial charge in [0.05, 0.1) is 18.8 Å². The molecule has 0 bridgehead atoms. The Bertz CT molecular complexity index is 728. The number of nitrogens with one attached hydrogen (secondary N) is 2. The molecule has 0 saturated heterocycles. The number of carbonyl (C=O) groups is 1. The predicted octanol–water partition coefficient (Wildman–Crippen LogP) is 2.95. The molecule has 2 unspecified atom stereocenters. The molecular weight excluding hydrogens is 307 g/mol. The summed E-state index contributed by atoms with van der Waals surface area (Å²) in [7, 11) is 0. The number of fused-ring (bicyclic) bond motifs is 1. The molecule has 2 N–H and O–H groups in total. The van der Waals surface area contributed by atoms with Gasteiger partial charge in [-0.15, -0.1) is 0 Å². The lowest BCUT2D eigenvalue weighted by Gasteiger charge is -2.32. The highest BCUT2D eigenvalue weighted by atomic mass is 19.1. The zero-order chi connectivity index (χ0) is 17.1. The van der Waals surface area contributed by atoms with Crippen molar-refractivity contribution in [3.05, 3.63) is 53.1 Å². The summed E-state index contributed by atoms with van der Waals surface area (Å²) in [4.78, 5) is 12.2. The molecule has 2 aromatic rings. The first kappa shape index (κ1) is 16.5. The summed E-state index contributed by atoms with van der Waals surface area (Å²) < 4.78 is 15.8. The Morgan fingerprint density at radius 3 is 3.04 bits per heavy atom. The first-order chi connectivity index (χ1) is 11.5. The van der Waals surface area contributed by atoms with Crippen LogP contribution in [0.5, 0.6) is 0 Å². The van der Waals surface area contributed by atoms with Gasteiger partial charge in [-0.05, 0) is 48.4 Å². The van der Waals surface area contributed by atoms with Crippen molar-refractivity contribution in [2.75, 3.05) is 6.54 Å². The summed E-state index contributed by atoms with van der Waals surface area (Å²) in [6.07, 6.45) is 5.31. The van der Waals surface area contributed by atoms with Gasteiger partial charge >= 0.3 is 6.03 Å². The first-order valence-corrected chi connectivity index (χ1v) is 8.35. The lowest BCUT2D eigenvalue weighted by atomic mass is 9.80.